The molecule has 0 bridgehead atoms. The predicted octanol–water partition coefficient (Wildman–Crippen LogP) is 2.94. The number of rotatable bonds is 4. The molecule has 0 unspecified atom stereocenters. The van der Waals surface area contributed by atoms with Crippen molar-refractivity contribution in [3.8, 4) is 5.75 Å². The summed E-state index contributed by atoms with van der Waals surface area (Å²) in [5.74, 6) is -0.157. The van der Waals surface area contributed by atoms with E-state index in [1.165, 1.54) is 12.1 Å². The standard InChI is InChI=1S/C19H16N2O4/c1-20-9-8-13(17-4-2-3-5-18(17)20)6-7-14-10-16(21(24)25)11-15(12-22)19(14)23/h2-11,22H,12H2,1H3/p+1. The molecule has 0 aliphatic rings. The second-order valence-electron chi connectivity index (χ2n) is 5.69. The highest BCUT2D eigenvalue weighted by molar-refractivity contribution is 5.89. The van der Waals surface area contributed by atoms with Gasteiger partial charge in [0.15, 0.2) is 6.20 Å². The monoisotopic (exact) mass is 337 g/mol. The Hall–Kier alpha value is -3.25. The van der Waals surface area contributed by atoms with Crippen molar-refractivity contribution in [1.82, 2.24) is 0 Å². The van der Waals surface area contributed by atoms with Crippen LogP contribution in [0.15, 0.2) is 48.7 Å². The molecule has 1 heterocycles. The minimum absolute atomic E-state index is 0.123. The van der Waals surface area contributed by atoms with Gasteiger partial charge in [0.1, 0.15) is 12.8 Å². The van der Waals surface area contributed by atoms with Crippen LogP contribution in [0.2, 0.25) is 0 Å². The van der Waals surface area contributed by atoms with Gasteiger partial charge in [-0.3, -0.25) is 10.1 Å². The molecule has 6 heteroatoms. The first-order valence-corrected chi connectivity index (χ1v) is 7.68. The molecule has 2 N–H and O–H groups in total. The third-order valence-electron chi connectivity index (χ3n) is 4.10. The Balaban J connectivity index is 2.10. The van der Waals surface area contributed by atoms with Crippen LogP contribution >= 0.6 is 0 Å². The fourth-order valence-corrected chi connectivity index (χ4v) is 2.77. The Morgan fingerprint density at radius 1 is 1.16 bits per heavy atom. The molecule has 0 aliphatic carbocycles. The Morgan fingerprint density at radius 3 is 2.60 bits per heavy atom. The van der Waals surface area contributed by atoms with Crippen molar-refractivity contribution in [3.63, 3.8) is 0 Å². The maximum absolute atomic E-state index is 11.0. The van der Waals surface area contributed by atoms with E-state index in [4.69, 9.17) is 0 Å². The summed E-state index contributed by atoms with van der Waals surface area (Å²) in [6, 6.07) is 12.3. The van der Waals surface area contributed by atoms with Crippen molar-refractivity contribution >= 4 is 28.7 Å². The molecule has 2 aromatic carbocycles. The number of hydrogen-bond acceptors (Lipinski definition) is 4. The molecule has 0 saturated heterocycles. The van der Waals surface area contributed by atoms with Crippen LogP contribution in [0, 0.1) is 10.1 Å². The normalized spacial score (nSPS) is 11.3. The second-order valence-corrected chi connectivity index (χ2v) is 5.69. The summed E-state index contributed by atoms with van der Waals surface area (Å²) in [7, 11) is 1.95. The van der Waals surface area contributed by atoms with Crippen LogP contribution in [-0.4, -0.2) is 15.1 Å². The van der Waals surface area contributed by atoms with Crippen molar-refractivity contribution in [3.05, 3.63) is 75.5 Å². The number of aliphatic hydroxyl groups excluding tert-OH is 1. The maximum atomic E-state index is 11.0. The van der Waals surface area contributed by atoms with Crippen LogP contribution in [0.1, 0.15) is 16.7 Å². The van der Waals surface area contributed by atoms with E-state index >= 15 is 0 Å². The lowest BCUT2D eigenvalue weighted by molar-refractivity contribution is -0.644. The summed E-state index contributed by atoms with van der Waals surface area (Å²) < 4.78 is 2.00. The molecular formula is C19H17N2O4+. The third-order valence-corrected chi connectivity index (χ3v) is 4.10. The first-order valence-electron chi connectivity index (χ1n) is 7.68. The van der Waals surface area contributed by atoms with Gasteiger partial charge in [0.2, 0.25) is 5.52 Å². The largest absolute Gasteiger partial charge is 0.507 e. The highest BCUT2D eigenvalue weighted by Gasteiger charge is 2.14. The highest BCUT2D eigenvalue weighted by Crippen LogP contribution is 2.30. The molecule has 25 heavy (non-hydrogen) atoms. The summed E-state index contributed by atoms with van der Waals surface area (Å²) in [4.78, 5) is 10.5. The molecule has 0 fully saturated rings. The molecular weight excluding hydrogens is 320 g/mol. The molecule has 1 aromatic heterocycles. The zero-order chi connectivity index (χ0) is 18.0. The van der Waals surface area contributed by atoms with E-state index in [-0.39, 0.29) is 22.6 Å². The number of phenols is 1. The van der Waals surface area contributed by atoms with Gasteiger partial charge in [-0.25, -0.2) is 4.57 Å². The van der Waals surface area contributed by atoms with Gasteiger partial charge in [-0.15, -0.1) is 0 Å². The van der Waals surface area contributed by atoms with Crippen molar-refractivity contribution in [2.24, 2.45) is 7.05 Å². The number of non-ortho nitro benzene ring substituents is 1. The average Bonchev–Trinajstić information content (AvgIpc) is 2.62. The molecule has 0 spiro atoms. The van der Waals surface area contributed by atoms with Gasteiger partial charge >= 0.3 is 0 Å². The molecule has 0 saturated carbocycles. The Kier molecular flexibility index (Phi) is 4.45. The molecule has 0 atom stereocenters. The second kappa shape index (κ2) is 6.70. The lowest BCUT2D eigenvalue weighted by Gasteiger charge is -2.06. The quantitative estimate of drug-likeness (QED) is 0.435. The lowest BCUT2D eigenvalue weighted by atomic mass is 10.0. The lowest BCUT2D eigenvalue weighted by Crippen LogP contribution is -2.28. The number of nitrogens with zero attached hydrogens (tertiary/aromatic N) is 2. The number of aryl methyl sites for hydroxylation is 1. The molecule has 0 aliphatic heterocycles. The first-order chi connectivity index (χ1) is 12.0. The molecule has 3 rings (SSSR count). The number of fused-ring (bicyclic) bond motifs is 1. The van der Waals surface area contributed by atoms with Crippen LogP contribution in [0.3, 0.4) is 0 Å². The number of aliphatic hydroxyl groups is 1. The fourth-order valence-electron chi connectivity index (χ4n) is 2.77. The van der Waals surface area contributed by atoms with E-state index in [9.17, 15) is 20.3 Å². The van der Waals surface area contributed by atoms with E-state index in [0.29, 0.717) is 0 Å². The van der Waals surface area contributed by atoms with E-state index < -0.39 is 11.5 Å². The van der Waals surface area contributed by atoms with Crippen LogP contribution in [0.5, 0.6) is 5.75 Å². The SMILES string of the molecule is C[n+]1ccc(/C=C/c2cc([N+](=O)[O-])cc(CO)c2O)c2ccccc21. The number of aromatic nitrogens is 1. The van der Waals surface area contributed by atoms with Gasteiger partial charge in [-0.1, -0.05) is 24.3 Å². The van der Waals surface area contributed by atoms with Gasteiger partial charge in [0.25, 0.3) is 5.69 Å². The topological polar surface area (TPSA) is 87.5 Å². The average molecular weight is 337 g/mol. The smallest absolute Gasteiger partial charge is 0.270 e. The van der Waals surface area contributed by atoms with Crippen molar-refractivity contribution in [2.75, 3.05) is 0 Å². The molecule has 126 valence electrons. The summed E-state index contributed by atoms with van der Waals surface area (Å²) in [6.07, 6.45) is 5.33. The van der Waals surface area contributed by atoms with Crippen LogP contribution in [0.25, 0.3) is 23.1 Å². The third kappa shape index (κ3) is 3.20. The molecule has 6 nitrogen and oxygen atoms in total. The fraction of sp³-hybridized carbons (Fsp3) is 0.105. The van der Waals surface area contributed by atoms with Gasteiger partial charge in [-0.05, 0) is 11.6 Å². The number of benzene rings is 2. The molecule has 3 aromatic rings. The van der Waals surface area contributed by atoms with Crippen LogP contribution in [-0.2, 0) is 13.7 Å². The first kappa shape index (κ1) is 16.6. The predicted molar refractivity (Wildman–Crippen MR) is 94.7 cm³/mol. The summed E-state index contributed by atoms with van der Waals surface area (Å²) in [5.41, 5.74) is 2.20. The number of aromatic hydroxyl groups is 1. The minimum atomic E-state index is -0.548. The van der Waals surface area contributed by atoms with Crippen molar-refractivity contribution in [1.29, 1.82) is 0 Å². The van der Waals surface area contributed by atoms with E-state index in [2.05, 4.69) is 0 Å². The Morgan fingerprint density at radius 2 is 1.88 bits per heavy atom. The van der Waals surface area contributed by atoms with E-state index in [0.717, 1.165) is 16.5 Å². The summed E-state index contributed by atoms with van der Waals surface area (Å²) in [6.45, 7) is -0.474. The van der Waals surface area contributed by atoms with Gasteiger partial charge in [0, 0.05) is 35.4 Å². The minimum Gasteiger partial charge on any atom is -0.507 e. The van der Waals surface area contributed by atoms with Crippen LogP contribution in [0.4, 0.5) is 5.69 Å². The van der Waals surface area contributed by atoms with E-state index in [1.807, 2.05) is 48.1 Å². The molecule has 0 amide bonds. The number of nitro groups is 1. The number of pyridine rings is 1. The highest BCUT2D eigenvalue weighted by atomic mass is 16.6. The van der Waals surface area contributed by atoms with E-state index in [1.54, 1.807) is 12.2 Å². The maximum Gasteiger partial charge on any atom is 0.270 e. The zero-order valence-corrected chi connectivity index (χ0v) is 13.6. The summed E-state index contributed by atoms with van der Waals surface area (Å²) in [5, 5.41) is 31.5. The number of hydrogen-bond donors (Lipinski definition) is 2. The molecule has 0 radical (unpaired) electrons. The zero-order valence-electron chi connectivity index (χ0n) is 13.6. The number of para-hydroxylation sites is 1. The van der Waals surface area contributed by atoms with Gasteiger partial charge < -0.3 is 10.2 Å². The number of nitro benzene ring substituents is 1. The van der Waals surface area contributed by atoms with Crippen molar-refractivity contribution < 1.29 is 19.7 Å². The Bertz CT molecular complexity index is 996. The van der Waals surface area contributed by atoms with Crippen molar-refractivity contribution in [2.45, 2.75) is 6.61 Å². The van der Waals surface area contributed by atoms with Crippen LogP contribution < -0.4 is 4.57 Å². The summed E-state index contributed by atoms with van der Waals surface area (Å²) >= 11 is 0. The Labute approximate surface area is 144 Å². The van der Waals surface area contributed by atoms with Gasteiger partial charge in [-0.2, -0.15) is 0 Å². The van der Waals surface area contributed by atoms with Gasteiger partial charge in [0.05, 0.1) is 16.9 Å².